The van der Waals surface area contributed by atoms with Crippen LogP contribution in [-0.2, 0) is 6.42 Å². The molecule has 1 unspecified atom stereocenters. The second-order valence-electron chi connectivity index (χ2n) is 5.97. The molecular formula is C20H25N3O2. The number of ether oxygens (including phenoxy) is 2. The Morgan fingerprint density at radius 1 is 1.12 bits per heavy atom. The van der Waals surface area contributed by atoms with E-state index < -0.39 is 0 Å². The van der Waals surface area contributed by atoms with Gasteiger partial charge < -0.3 is 20.1 Å². The van der Waals surface area contributed by atoms with Crippen LogP contribution >= 0.6 is 0 Å². The number of nitrogens with zero attached hydrogens (tertiary/aromatic N) is 1. The summed E-state index contributed by atoms with van der Waals surface area (Å²) < 4.78 is 10.8. The summed E-state index contributed by atoms with van der Waals surface area (Å²) in [6, 6.07) is 16.6. The lowest BCUT2D eigenvalue weighted by Crippen LogP contribution is -2.38. The number of rotatable bonds is 6. The van der Waals surface area contributed by atoms with E-state index in [0.29, 0.717) is 13.3 Å². The van der Waals surface area contributed by atoms with Gasteiger partial charge in [-0.15, -0.1) is 0 Å². The molecule has 0 radical (unpaired) electrons. The SMILES string of the molecule is CCNC(=NCCc1ccc2c(c1)OCO2)NC(C)c1ccccc1. The number of benzene rings is 2. The summed E-state index contributed by atoms with van der Waals surface area (Å²) in [5.74, 6) is 2.47. The minimum absolute atomic E-state index is 0.199. The van der Waals surface area contributed by atoms with Crippen molar-refractivity contribution in [1.29, 1.82) is 0 Å². The maximum Gasteiger partial charge on any atom is 0.231 e. The van der Waals surface area contributed by atoms with Crippen molar-refractivity contribution in [3.8, 4) is 11.5 Å². The molecule has 2 aromatic rings. The Morgan fingerprint density at radius 3 is 2.72 bits per heavy atom. The Balaban J connectivity index is 1.58. The average Bonchev–Trinajstić information content (AvgIpc) is 3.10. The predicted octanol–water partition coefficient (Wildman–Crippen LogP) is 3.27. The van der Waals surface area contributed by atoms with Gasteiger partial charge in [-0.05, 0) is 43.5 Å². The van der Waals surface area contributed by atoms with Crippen molar-refractivity contribution in [3.05, 3.63) is 59.7 Å². The molecule has 25 heavy (non-hydrogen) atoms. The third kappa shape index (κ3) is 4.66. The highest BCUT2D eigenvalue weighted by atomic mass is 16.7. The van der Waals surface area contributed by atoms with Crippen LogP contribution in [-0.4, -0.2) is 25.8 Å². The molecule has 5 heteroatoms. The standard InChI is InChI=1S/C20H25N3O2/c1-3-21-20(23-15(2)17-7-5-4-6-8-17)22-12-11-16-9-10-18-19(13-16)25-14-24-18/h4-10,13,15H,3,11-12,14H2,1-2H3,(H2,21,22,23). The van der Waals surface area contributed by atoms with E-state index in [1.54, 1.807) is 0 Å². The van der Waals surface area contributed by atoms with E-state index in [1.807, 2.05) is 18.2 Å². The van der Waals surface area contributed by atoms with Gasteiger partial charge in [-0.1, -0.05) is 36.4 Å². The molecular weight excluding hydrogens is 314 g/mol. The van der Waals surface area contributed by atoms with Crippen molar-refractivity contribution in [3.63, 3.8) is 0 Å². The lowest BCUT2D eigenvalue weighted by atomic mass is 10.1. The first-order valence-corrected chi connectivity index (χ1v) is 8.74. The number of fused-ring (bicyclic) bond motifs is 1. The van der Waals surface area contributed by atoms with Gasteiger partial charge in [0.25, 0.3) is 0 Å². The van der Waals surface area contributed by atoms with Gasteiger partial charge in [0.1, 0.15) is 0 Å². The summed E-state index contributed by atoms with van der Waals surface area (Å²) in [7, 11) is 0. The molecule has 5 nitrogen and oxygen atoms in total. The Bertz CT molecular complexity index is 716. The fourth-order valence-electron chi connectivity index (χ4n) is 2.74. The Kier molecular flexibility index (Phi) is 5.77. The monoisotopic (exact) mass is 339 g/mol. The molecule has 1 aliphatic rings. The lowest BCUT2D eigenvalue weighted by molar-refractivity contribution is 0.174. The minimum Gasteiger partial charge on any atom is -0.454 e. The molecule has 1 aliphatic heterocycles. The van der Waals surface area contributed by atoms with Gasteiger partial charge >= 0.3 is 0 Å². The Morgan fingerprint density at radius 2 is 1.92 bits per heavy atom. The minimum atomic E-state index is 0.199. The van der Waals surface area contributed by atoms with Crippen LogP contribution in [0.1, 0.15) is 31.0 Å². The van der Waals surface area contributed by atoms with Crippen LogP contribution in [0.25, 0.3) is 0 Å². The van der Waals surface area contributed by atoms with Crippen LogP contribution in [0.15, 0.2) is 53.5 Å². The lowest BCUT2D eigenvalue weighted by Gasteiger charge is -2.18. The maximum absolute atomic E-state index is 5.42. The second-order valence-corrected chi connectivity index (χ2v) is 5.97. The fourth-order valence-corrected chi connectivity index (χ4v) is 2.74. The Labute approximate surface area is 149 Å². The van der Waals surface area contributed by atoms with E-state index in [0.717, 1.165) is 30.4 Å². The summed E-state index contributed by atoms with van der Waals surface area (Å²) >= 11 is 0. The highest BCUT2D eigenvalue weighted by molar-refractivity contribution is 5.80. The molecule has 0 amide bonds. The first-order chi connectivity index (χ1) is 12.3. The van der Waals surface area contributed by atoms with Gasteiger partial charge in [-0.3, -0.25) is 4.99 Å². The third-order valence-electron chi connectivity index (χ3n) is 4.10. The molecule has 3 rings (SSSR count). The molecule has 0 saturated heterocycles. The van der Waals surface area contributed by atoms with E-state index in [2.05, 4.69) is 54.8 Å². The van der Waals surface area contributed by atoms with Gasteiger partial charge in [-0.2, -0.15) is 0 Å². The van der Waals surface area contributed by atoms with E-state index in [1.165, 1.54) is 11.1 Å². The van der Waals surface area contributed by atoms with E-state index in [-0.39, 0.29) is 6.04 Å². The summed E-state index contributed by atoms with van der Waals surface area (Å²) in [5.41, 5.74) is 2.43. The number of guanidine groups is 1. The van der Waals surface area contributed by atoms with Crippen LogP contribution in [0.2, 0.25) is 0 Å². The highest BCUT2D eigenvalue weighted by Crippen LogP contribution is 2.32. The highest BCUT2D eigenvalue weighted by Gasteiger charge is 2.13. The van der Waals surface area contributed by atoms with E-state index in [4.69, 9.17) is 14.5 Å². The zero-order valence-corrected chi connectivity index (χ0v) is 14.8. The third-order valence-corrected chi connectivity index (χ3v) is 4.10. The second kappa shape index (κ2) is 8.42. The normalized spacial score (nSPS) is 14.2. The molecule has 2 aromatic carbocycles. The molecule has 0 spiro atoms. The van der Waals surface area contributed by atoms with Crippen LogP contribution in [0.5, 0.6) is 11.5 Å². The number of nitrogens with one attached hydrogen (secondary N) is 2. The van der Waals surface area contributed by atoms with Gasteiger partial charge in [0, 0.05) is 13.1 Å². The molecule has 0 fully saturated rings. The molecule has 0 saturated carbocycles. The van der Waals surface area contributed by atoms with Crippen LogP contribution in [0.3, 0.4) is 0 Å². The molecule has 1 atom stereocenters. The zero-order valence-electron chi connectivity index (χ0n) is 14.8. The molecule has 0 aliphatic carbocycles. The molecule has 2 N–H and O–H groups in total. The number of aliphatic imine (C=N–C) groups is 1. The van der Waals surface area contributed by atoms with Crippen molar-refractivity contribution >= 4 is 5.96 Å². The smallest absolute Gasteiger partial charge is 0.231 e. The average molecular weight is 339 g/mol. The van der Waals surface area contributed by atoms with Crippen molar-refractivity contribution in [2.75, 3.05) is 19.9 Å². The topological polar surface area (TPSA) is 54.9 Å². The summed E-state index contributed by atoms with van der Waals surface area (Å²) in [6.07, 6.45) is 0.854. The molecule has 0 bridgehead atoms. The van der Waals surface area contributed by atoms with Crippen LogP contribution in [0, 0.1) is 0 Å². The van der Waals surface area contributed by atoms with E-state index in [9.17, 15) is 0 Å². The molecule has 1 heterocycles. The van der Waals surface area contributed by atoms with Crippen LogP contribution in [0.4, 0.5) is 0 Å². The molecule has 132 valence electrons. The van der Waals surface area contributed by atoms with Crippen LogP contribution < -0.4 is 20.1 Å². The number of hydrogen-bond acceptors (Lipinski definition) is 3. The summed E-state index contributed by atoms with van der Waals surface area (Å²) in [6.45, 7) is 6.05. The maximum atomic E-state index is 5.42. The van der Waals surface area contributed by atoms with E-state index >= 15 is 0 Å². The zero-order chi connectivity index (χ0) is 17.5. The molecule has 0 aromatic heterocycles. The first kappa shape index (κ1) is 17.1. The summed E-state index contributed by atoms with van der Waals surface area (Å²) in [5, 5.41) is 6.76. The fraction of sp³-hybridized carbons (Fsp3) is 0.350. The van der Waals surface area contributed by atoms with Crippen molar-refractivity contribution < 1.29 is 9.47 Å². The summed E-state index contributed by atoms with van der Waals surface area (Å²) in [4.78, 5) is 4.69. The Hall–Kier alpha value is -2.69. The van der Waals surface area contributed by atoms with Gasteiger partial charge in [0.2, 0.25) is 6.79 Å². The first-order valence-electron chi connectivity index (χ1n) is 8.74. The predicted molar refractivity (Wildman–Crippen MR) is 100 cm³/mol. The van der Waals surface area contributed by atoms with Crippen molar-refractivity contribution in [1.82, 2.24) is 10.6 Å². The van der Waals surface area contributed by atoms with Crippen molar-refractivity contribution in [2.24, 2.45) is 4.99 Å². The van der Waals surface area contributed by atoms with Gasteiger partial charge in [0.15, 0.2) is 17.5 Å². The van der Waals surface area contributed by atoms with Crippen molar-refractivity contribution in [2.45, 2.75) is 26.3 Å². The van der Waals surface area contributed by atoms with Gasteiger partial charge in [0.05, 0.1) is 6.04 Å². The quantitative estimate of drug-likeness (QED) is 0.626. The number of hydrogen-bond donors (Lipinski definition) is 2. The van der Waals surface area contributed by atoms with Gasteiger partial charge in [-0.25, -0.2) is 0 Å². The largest absolute Gasteiger partial charge is 0.454 e.